The van der Waals surface area contributed by atoms with Crippen molar-refractivity contribution in [3.63, 3.8) is 0 Å². The Hall–Kier alpha value is -4.32. The molecule has 0 unspecified atom stereocenters. The lowest BCUT2D eigenvalue weighted by Crippen LogP contribution is -2.49. The number of aromatic carboxylic acids is 1. The average molecular weight is 594 g/mol. The van der Waals surface area contributed by atoms with Gasteiger partial charge in [-0.1, -0.05) is 30.3 Å². The van der Waals surface area contributed by atoms with Crippen molar-refractivity contribution < 1.29 is 28.2 Å². The summed E-state index contributed by atoms with van der Waals surface area (Å²) in [5.74, 6) is -2.18. The van der Waals surface area contributed by atoms with E-state index in [-0.39, 0.29) is 48.0 Å². The van der Waals surface area contributed by atoms with E-state index in [0.717, 1.165) is 24.5 Å². The van der Waals surface area contributed by atoms with E-state index in [4.69, 9.17) is 4.74 Å². The Morgan fingerprint density at radius 1 is 1.02 bits per heavy atom. The quantitative estimate of drug-likeness (QED) is 0.431. The number of carboxylic acid groups (broad SMARTS) is 1. The van der Waals surface area contributed by atoms with Crippen LogP contribution in [-0.4, -0.2) is 82.3 Å². The number of aromatic nitrogens is 2. The fourth-order valence-corrected chi connectivity index (χ4v) is 5.71. The lowest BCUT2D eigenvalue weighted by Gasteiger charge is -2.34. The molecule has 1 saturated carbocycles. The molecule has 6 rings (SSSR count). The van der Waals surface area contributed by atoms with Gasteiger partial charge in [-0.25, -0.2) is 23.4 Å². The third kappa shape index (κ3) is 6.24. The summed E-state index contributed by atoms with van der Waals surface area (Å²) >= 11 is 0. The lowest BCUT2D eigenvalue weighted by molar-refractivity contribution is 0.0693. The highest BCUT2D eigenvalue weighted by molar-refractivity contribution is 5.92. The maximum absolute atomic E-state index is 15.3. The molecule has 10 nitrogen and oxygen atoms in total. The number of carbonyl (C=O) groups excluding carboxylic acids is 1. The Morgan fingerprint density at radius 2 is 1.72 bits per heavy atom. The first-order valence-electron chi connectivity index (χ1n) is 14.6. The van der Waals surface area contributed by atoms with E-state index in [9.17, 15) is 19.5 Å². The number of nitrogens with zero attached hydrogens (tertiary/aromatic N) is 5. The van der Waals surface area contributed by atoms with Gasteiger partial charge < -0.3 is 24.2 Å². The van der Waals surface area contributed by atoms with Crippen molar-refractivity contribution in [2.24, 2.45) is 0 Å². The molecule has 2 aromatic heterocycles. The third-order valence-electron chi connectivity index (χ3n) is 8.36. The number of hydrogen-bond donors (Lipinski definition) is 1. The first-order valence-corrected chi connectivity index (χ1v) is 14.6. The van der Waals surface area contributed by atoms with Crippen molar-refractivity contribution in [2.75, 3.05) is 50.7 Å². The predicted molar refractivity (Wildman–Crippen MR) is 155 cm³/mol. The molecule has 1 aromatic carbocycles. The SMILES string of the molecule is O=C(O)c1cn(C2CC2)c2nc(N3CCC(=C(F)CN4CCN(C(=O)OCc5ccccc5)CC4)CC3)c(F)cc2c1=O. The maximum Gasteiger partial charge on any atom is 0.410 e. The number of piperidine rings is 1. The van der Waals surface area contributed by atoms with Gasteiger partial charge in [0.2, 0.25) is 5.43 Å². The van der Waals surface area contributed by atoms with Crippen LogP contribution in [0.4, 0.5) is 19.4 Å². The molecule has 3 aromatic rings. The molecule has 3 fully saturated rings. The maximum atomic E-state index is 15.3. The van der Waals surface area contributed by atoms with Gasteiger partial charge in [0.05, 0.1) is 11.9 Å². The van der Waals surface area contributed by atoms with E-state index in [1.54, 1.807) is 14.4 Å². The van der Waals surface area contributed by atoms with E-state index in [2.05, 4.69) is 4.98 Å². The molecule has 0 atom stereocenters. The molecule has 0 spiro atoms. The lowest BCUT2D eigenvalue weighted by atomic mass is 10.0. The number of ether oxygens (including phenoxy) is 1. The van der Waals surface area contributed by atoms with E-state index in [1.807, 2.05) is 35.2 Å². The minimum absolute atomic E-state index is 0.0267. The Morgan fingerprint density at radius 3 is 2.37 bits per heavy atom. The van der Waals surface area contributed by atoms with E-state index in [0.29, 0.717) is 57.7 Å². The van der Waals surface area contributed by atoms with E-state index in [1.165, 1.54) is 6.20 Å². The highest BCUT2D eigenvalue weighted by atomic mass is 19.1. The normalized spacial score (nSPS) is 17.8. The first kappa shape index (κ1) is 28.8. The molecule has 3 aliphatic rings. The second-order valence-corrected chi connectivity index (χ2v) is 11.3. The fraction of sp³-hybridized carbons (Fsp3) is 0.419. The molecule has 12 heteroatoms. The van der Waals surface area contributed by atoms with Crippen molar-refractivity contribution in [2.45, 2.75) is 38.3 Å². The number of rotatable bonds is 7. The van der Waals surface area contributed by atoms with Crippen LogP contribution in [0.2, 0.25) is 0 Å². The summed E-state index contributed by atoms with van der Waals surface area (Å²) in [6.07, 6.45) is 3.40. The van der Waals surface area contributed by atoms with Gasteiger partial charge in [0.25, 0.3) is 0 Å². The second-order valence-electron chi connectivity index (χ2n) is 11.3. The van der Waals surface area contributed by atoms with Crippen LogP contribution < -0.4 is 10.3 Å². The number of amides is 1. The monoisotopic (exact) mass is 593 g/mol. The van der Waals surface area contributed by atoms with Gasteiger partial charge in [-0.2, -0.15) is 0 Å². The molecule has 43 heavy (non-hydrogen) atoms. The molecule has 0 bridgehead atoms. The summed E-state index contributed by atoms with van der Waals surface area (Å²) in [4.78, 5) is 46.6. The van der Waals surface area contributed by atoms with Gasteiger partial charge in [0, 0.05) is 51.5 Å². The molecule has 226 valence electrons. The smallest absolute Gasteiger partial charge is 0.410 e. The van der Waals surface area contributed by atoms with Crippen LogP contribution in [0.1, 0.15) is 47.6 Å². The van der Waals surface area contributed by atoms with E-state index < -0.39 is 22.8 Å². The topological polar surface area (TPSA) is 108 Å². The zero-order chi connectivity index (χ0) is 30.1. The number of benzene rings is 1. The number of hydrogen-bond acceptors (Lipinski definition) is 7. The molecule has 4 heterocycles. The number of pyridine rings is 2. The highest BCUT2D eigenvalue weighted by Gasteiger charge is 2.30. The average Bonchev–Trinajstić information content (AvgIpc) is 3.86. The number of carbonyl (C=O) groups is 2. The van der Waals surface area contributed by atoms with Crippen LogP contribution in [0.3, 0.4) is 0 Å². The van der Waals surface area contributed by atoms with Crippen molar-refractivity contribution in [1.29, 1.82) is 0 Å². The van der Waals surface area contributed by atoms with Crippen molar-refractivity contribution in [1.82, 2.24) is 19.4 Å². The van der Waals surface area contributed by atoms with Crippen molar-refractivity contribution in [3.05, 3.63) is 81.2 Å². The van der Waals surface area contributed by atoms with Gasteiger partial charge in [-0.3, -0.25) is 9.69 Å². The van der Waals surface area contributed by atoms with E-state index >= 15 is 8.78 Å². The molecule has 0 radical (unpaired) electrons. The van der Waals surface area contributed by atoms with Crippen LogP contribution in [0, 0.1) is 5.82 Å². The Kier molecular flexibility index (Phi) is 8.11. The Bertz CT molecular complexity index is 1620. The summed E-state index contributed by atoms with van der Waals surface area (Å²) in [5.41, 5.74) is 0.711. The standard InChI is InChI=1S/C31H33F2N5O5/c32-25-16-23-27(39)24(30(40)41)17-38(22-6-7-22)28(23)34-29(25)36-10-8-21(9-11-36)26(33)18-35-12-14-37(15-13-35)31(42)43-19-20-4-2-1-3-5-20/h1-5,16-17,22H,6-15,18-19H2,(H,40,41). The molecule has 1 N–H and O–H groups in total. The largest absolute Gasteiger partial charge is 0.477 e. The molecule has 2 saturated heterocycles. The first-order chi connectivity index (χ1) is 20.8. The molecule has 2 aliphatic heterocycles. The predicted octanol–water partition coefficient (Wildman–Crippen LogP) is 4.35. The van der Waals surface area contributed by atoms with Gasteiger partial charge in [0.15, 0.2) is 11.6 Å². The molecular weight excluding hydrogens is 560 g/mol. The number of piperazine rings is 1. The summed E-state index contributed by atoms with van der Waals surface area (Å²) in [7, 11) is 0. The minimum Gasteiger partial charge on any atom is -0.477 e. The van der Waals surface area contributed by atoms with Gasteiger partial charge in [-0.05, 0) is 42.9 Å². The summed E-state index contributed by atoms with van der Waals surface area (Å²) in [5, 5.41) is 9.39. The minimum atomic E-state index is -1.36. The Balaban J connectivity index is 1.06. The Labute approximate surface area is 246 Å². The van der Waals surface area contributed by atoms with Crippen LogP contribution >= 0.6 is 0 Å². The number of halogens is 2. The van der Waals surface area contributed by atoms with Crippen LogP contribution in [-0.2, 0) is 11.3 Å². The van der Waals surface area contributed by atoms with Crippen molar-refractivity contribution in [3.8, 4) is 0 Å². The van der Waals surface area contributed by atoms with Crippen LogP contribution in [0.15, 0.2) is 58.8 Å². The summed E-state index contributed by atoms with van der Waals surface area (Å²) in [6, 6.07) is 10.6. The third-order valence-corrected chi connectivity index (χ3v) is 8.36. The number of carboxylic acids is 1. The zero-order valence-corrected chi connectivity index (χ0v) is 23.7. The van der Waals surface area contributed by atoms with Crippen LogP contribution in [0.25, 0.3) is 11.0 Å². The fourth-order valence-electron chi connectivity index (χ4n) is 5.71. The van der Waals surface area contributed by atoms with Gasteiger partial charge in [-0.15, -0.1) is 0 Å². The number of fused-ring (bicyclic) bond motifs is 1. The molecule has 1 aliphatic carbocycles. The highest BCUT2D eigenvalue weighted by Crippen LogP contribution is 2.37. The summed E-state index contributed by atoms with van der Waals surface area (Å²) < 4.78 is 37.6. The van der Waals surface area contributed by atoms with Gasteiger partial charge in [0.1, 0.15) is 23.6 Å². The molecule has 1 amide bonds. The van der Waals surface area contributed by atoms with Crippen LogP contribution in [0.5, 0.6) is 0 Å². The summed E-state index contributed by atoms with van der Waals surface area (Å²) in [6.45, 7) is 3.07. The molecular formula is C31H33F2N5O5. The van der Waals surface area contributed by atoms with Crippen molar-refractivity contribution >= 4 is 28.9 Å². The second kappa shape index (κ2) is 12.1. The zero-order valence-electron chi connectivity index (χ0n) is 23.7. The van der Waals surface area contributed by atoms with Gasteiger partial charge >= 0.3 is 12.1 Å². The number of anilines is 1.